The normalized spacial score (nSPS) is 20.8. The number of benzene rings is 1. The van der Waals surface area contributed by atoms with Crippen LogP contribution in [-0.4, -0.2) is 29.0 Å². The van der Waals surface area contributed by atoms with Gasteiger partial charge in [0.1, 0.15) is 22.6 Å². The van der Waals surface area contributed by atoms with E-state index in [2.05, 4.69) is 44.7 Å². The molecule has 37 heavy (non-hydrogen) atoms. The second-order valence-electron chi connectivity index (χ2n) is 9.34. The molecule has 3 atom stereocenters. The Morgan fingerprint density at radius 1 is 1.35 bits per heavy atom. The van der Waals surface area contributed by atoms with E-state index < -0.39 is 24.2 Å². The Bertz CT molecular complexity index is 1390. The lowest BCUT2D eigenvalue weighted by Gasteiger charge is -2.33. The van der Waals surface area contributed by atoms with Crippen molar-refractivity contribution < 1.29 is 22.7 Å². The third kappa shape index (κ3) is 4.70. The summed E-state index contributed by atoms with van der Waals surface area (Å²) in [7, 11) is 1.52. The van der Waals surface area contributed by atoms with E-state index in [0.29, 0.717) is 27.8 Å². The molecule has 0 saturated heterocycles. The van der Waals surface area contributed by atoms with Crippen molar-refractivity contribution in [2.24, 2.45) is 5.92 Å². The molecule has 3 unspecified atom stereocenters. The van der Waals surface area contributed by atoms with Crippen molar-refractivity contribution in [1.82, 2.24) is 9.78 Å². The Labute approximate surface area is 223 Å². The molecule has 0 fully saturated rings. The molecule has 0 saturated carbocycles. The Kier molecular flexibility index (Phi) is 6.70. The number of nitriles is 1. The van der Waals surface area contributed by atoms with E-state index in [1.807, 2.05) is 0 Å². The lowest BCUT2D eigenvalue weighted by Crippen LogP contribution is -2.35. The number of hydrogen-bond donors (Lipinski definition) is 2. The summed E-state index contributed by atoms with van der Waals surface area (Å²) in [6, 6.07) is 6.39. The minimum atomic E-state index is -4.59. The Morgan fingerprint density at radius 3 is 2.73 bits per heavy atom. The van der Waals surface area contributed by atoms with Gasteiger partial charge in [-0.1, -0.05) is 19.1 Å². The number of nitrogens with one attached hydrogen (secondary N) is 2. The number of thiophene rings is 1. The number of rotatable bonds is 4. The molecule has 194 valence electrons. The fourth-order valence-electron chi connectivity index (χ4n) is 4.91. The van der Waals surface area contributed by atoms with Crippen LogP contribution in [0.15, 0.2) is 28.7 Å². The standard InChI is InChI=1S/C25H23BrF3N5O2S/c1-12-3-8-15-16(11-30)24(37-18(15)9-12)32-23(35)21-20(26)22-31-17(13-4-6-14(36-2)7-5-13)10-19(25(27,28)29)34(22)33-21/h4-7,12,17,19,31H,3,8-10H2,1-2H3,(H,32,35). The second kappa shape index (κ2) is 9.68. The number of carbonyl (C=O) groups excluding carboxylic acids is 1. The Morgan fingerprint density at radius 2 is 2.08 bits per heavy atom. The van der Waals surface area contributed by atoms with Gasteiger partial charge >= 0.3 is 6.18 Å². The number of anilines is 2. The number of alkyl halides is 3. The first-order chi connectivity index (χ1) is 17.6. The highest BCUT2D eigenvalue weighted by Crippen LogP contribution is 2.47. The highest BCUT2D eigenvalue weighted by Gasteiger charge is 2.48. The molecular formula is C25H23BrF3N5O2S. The summed E-state index contributed by atoms with van der Waals surface area (Å²) in [6.45, 7) is 2.14. The first-order valence-corrected chi connectivity index (χ1v) is 13.3. The molecule has 1 amide bonds. The first kappa shape index (κ1) is 25.6. The van der Waals surface area contributed by atoms with Gasteiger partial charge in [0.05, 0.1) is 23.2 Å². The van der Waals surface area contributed by atoms with Gasteiger partial charge in [0.25, 0.3) is 5.91 Å². The topological polar surface area (TPSA) is 92.0 Å². The van der Waals surface area contributed by atoms with Gasteiger partial charge < -0.3 is 15.4 Å². The predicted molar refractivity (Wildman–Crippen MR) is 137 cm³/mol. The highest BCUT2D eigenvalue weighted by molar-refractivity contribution is 9.10. The molecule has 1 aliphatic heterocycles. The van der Waals surface area contributed by atoms with Crippen LogP contribution in [0.3, 0.4) is 0 Å². The molecule has 7 nitrogen and oxygen atoms in total. The molecule has 3 aromatic rings. The zero-order valence-electron chi connectivity index (χ0n) is 19.9. The molecule has 12 heteroatoms. The van der Waals surface area contributed by atoms with Gasteiger partial charge in [-0.05, 0) is 64.4 Å². The number of aromatic nitrogens is 2. The molecule has 1 aromatic carbocycles. The van der Waals surface area contributed by atoms with Crippen molar-refractivity contribution in [2.45, 2.75) is 50.9 Å². The molecule has 2 aliphatic rings. The number of nitrogens with zero attached hydrogens (tertiary/aromatic N) is 3. The van der Waals surface area contributed by atoms with Gasteiger partial charge in [0.2, 0.25) is 0 Å². The van der Waals surface area contributed by atoms with Crippen molar-refractivity contribution >= 4 is 44.0 Å². The van der Waals surface area contributed by atoms with Gasteiger partial charge in [0, 0.05) is 11.3 Å². The number of halogens is 4. The summed E-state index contributed by atoms with van der Waals surface area (Å²) >= 11 is 4.66. The summed E-state index contributed by atoms with van der Waals surface area (Å²) in [5, 5.41) is 20.1. The van der Waals surface area contributed by atoms with E-state index in [9.17, 15) is 23.2 Å². The summed E-state index contributed by atoms with van der Waals surface area (Å²) in [6.07, 6.45) is -2.33. The molecule has 5 rings (SSSR count). The zero-order valence-corrected chi connectivity index (χ0v) is 22.4. The quantitative estimate of drug-likeness (QED) is 0.354. The average Bonchev–Trinajstić information content (AvgIpc) is 3.39. The van der Waals surface area contributed by atoms with Gasteiger partial charge in [-0.15, -0.1) is 11.3 Å². The van der Waals surface area contributed by atoms with Crippen LogP contribution in [0.2, 0.25) is 0 Å². The van der Waals surface area contributed by atoms with Gasteiger partial charge in [-0.25, -0.2) is 4.68 Å². The maximum atomic E-state index is 14.1. The molecule has 0 bridgehead atoms. The Hall–Kier alpha value is -3.04. The van der Waals surface area contributed by atoms with Crippen LogP contribution in [0.25, 0.3) is 0 Å². The minimum Gasteiger partial charge on any atom is -0.497 e. The fourth-order valence-corrected chi connectivity index (χ4v) is 6.82. The number of methoxy groups -OCH3 is 1. The summed E-state index contributed by atoms with van der Waals surface area (Å²) in [5.74, 6) is 0.470. The molecule has 0 spiro atoms. The van der Waals surface area contributed by atoms with E-state index in [1.54, 1.807) is 24.3 Å². The van der Waals surface area contributed by atoms with Crippen LogP contribution >= 0.6 is 27.3 Å². The Balaban J connectivity index is 1.47. The van der Waals surface area contributed by atoms with E-state index in [4.69, 9.17) is 4.74 Å². The number of ether oxygens (including phenoxy) is 1. The van der Waals surface area contributed by atoms with Crippen LogP contribution in [0.1, 0.15) is 63.9 Å². The molecular weight excluding hydrogens is 571 g/mol. The van der Waals surface area contributed by atoms with Crippen LogP contribution in [-0.2, 0) is 12.8 Å². The van der Waals surface area contributed by atoms with E-state index in [0.717, 1.165) is 34.4 Å². The van der Waals surface area contributed by atoms with Crippen molar-refractivity contribution in [1.29, 1.82) is 5.26 Å². The summed E-state index contributed by atoms with van der Waals surface area (Å²) in [4.78, 5) is 14.3. The maximum Gasteiger partial charge on any atom is 0.410 e. The SMILES string of the molecule is COc1ccc(C2CC(C(F)(F)F)n3nc(C(=O)Nc4sc5c(c4C#N)CCC(C)C5)c(Br)c3N2)cc1. The van der Waals surface area contributed by atoms with Crippen LogP contribution in [0, 0.1) is 17.2 Å². The summed E-state index contributed by atoms with van der Waals surface area (Å²) in [5.41, 5.74) is 1.84. The predicted octanol–water partition coefficient (Wildman–Crippen LogP) is 6.62. The van der Waals surface area contributed by atoms with Crippen LogP contribution in [0.5, 0.6) is 5.75 Å². The lowest BCUT2D eigenvalue weighted by atomic mass is 9.89. The second-order valence-corrected chi connectivity index (χ2v) is 11.2. The van der Waals surface area contributed by atoms with E-state index in [-0.39, 0.29) is 22.4 Å². The molecule has 1 aliphatic carbocycles. The van der Waals surface area contributed by atoms with E-state index in [1.165, 1.54) is 18.4 Å². The molecule has 2 aromatic heterocycles. The van der Waals surface area contributed by atoms with Crippen LogP contribution < -0.4 is 15.4 Å². The molecule has 3 heterocycles. The third-order valence-corrected chi connectivity index (χ3v) is 8.80. The average molecular weight is 594 g/mol. The summed E-state index contributed by atoms with van der Waals surface area (Å²) < 4.78 is 48.5. The largest absolute Gasteiger partial charge is 0.497 e. The monoisotopic (exact) mass is 593 g/mol. The van der Waals surface area contributed by atoms with E-state index >= 15 is 0 Å². The van der Waals surface area contributed by atoms with Gasteiger partial charge in [-0.3, -0.25) is 4.79 Å². The minimum absolute atomic E-state index is 0.0688. The maximum absolute atomic E-state index is 14.1. The number of fused-ring (bicyclic) bond motifs is 2. The van der Waals surface area contributed by atoms with Crippen molar-refractivity contribution in [3.63, 3.8) is 0 Å². The lowest BCUT2D eigenvalue weighted by molar-refractivity contribution is -0.173. The first-order valence-electron chi connectivity index (χ1n) is 11.7. The molecule has 0 radical (unpaired) electrons. The van der Waals surface area contributed by atoms with Crippen LogP contribution in [0.4, 0.5) is 24.0 Å². The molecule has 2 N–H and O–H groups in total. The van der Waals surface area contributed by atoms with Gasteiger partial charge in [0.15, 0.2) is 11.7 Å². The third-order valence-electron chi connectivity index (χ3n) is 6.88. The number of amides is 1. The van der Waals surface area contributed by atoms with Crippen molar-refractivity contribution in [2.75, 3.05) is 17.7 Å². The van der Waals surface area contributed by atoms with Crippen molar-refractivity contribution in [3.05, 3.63) is 56.0 Å². The number of hydrogen-bond acceptors (Lipinski definition) is 6. The smallest absolute Gasteiger partial charge is 0.410 e. The fraction of sp³-hybridized carbons (Fsp3) is 0.400. The highest BCUT2D eigenvalue weighted by atomic mass is 79.9. The zero-order chi connectivity index (χ0) is 26.5. The van der Waals surface area contributed by atoms with Gasteiger partial charge in [-0.2, -0.15) is 23.5 Å². The number of carbonyl (C=O) groups is 1. The van der Waals surface area contributed by atoms with Crippen molar-refractivity contribution in [3.8, 4) is 11.8 Å².